The van der Waals surface area contributed by atoms with E-state index in [9.17, 15) is 8.78 Å². The Bertz CT molecular complexity index is 1930. The van der Waals surface area contributed by atoms with Crippen LogP contribution < -0.4 is 14.5 Å². The normalized spacial score (nSPS) is 11.1. The van der Waals surface area contributed by atoms with Gasteiger partial charge in [-0.3, -0.25) is 13.8 Å². The van der Waals surface area contributed by atoms with Crippen molar-refractivity contribution in [3.63, 3.8) is 0 Å². The van der Waals surface area contributed by atoms with Crippen LogP contribution in [0.2, 0.25) is 0 Å². The molecule has 10 heteroatoms. The summed E-state index contributed by atoms with van der Waals surface area (Å²) in [6.07, 6.45) is 4.68. The standard InChI is InChI=1S/C37H30F3N5O.Pd/c1-37(2,3)45(32-17-11-12-18-41-32)28-21-27(44(25-13-7-5-8-14-25)26-15-9-6-10-16-26)22-29(23-28)46-31-24-30(33(38)35(40)34(31)39)36-42-19-20-43(36)4;/h5-22H,1-4H3;/q-2;+2. The summed E-state index contributed by atoms with van der Waals surface area (Å²) in [5, 5.41) is 0. The molecule has 0 radical (unpaired) electrons. The van der Waals surface area contributed by atoms with Gasteiger partial charge in [-0.25, -0.2) is 9.37 Å². The molecule has 6 aromatic rings. The van der Waals surface area contributed by atoms with Gasteiger partial charge in [-0.1, -0.05) is 65.5 Å². The van der Waals surface area contributed by atoms with E-state index in [0.717, 1.165) is 11.4 Å². The fourth-order valence-corrected chi connectivity index (χ4v) is 5.20. The molecule has 0 saturated carbocycles. The molecule has 0 N–H and O–H groups in total. The van der Waals surface area contributed by atoms with Gasteiger partial charge in [-0.05, 0) is 57.2 Å². The van der Waals surface area contributed by atoms with E-state index in [2.05, 4.69) is 22.1 Å². The molecule has 2 aromatic heterocycles. The van der Waals surface area contributed by atoms with Crippen molar-refractivity contribution in [3.05, 3.63) is 139 Å². The number of rotatable bonds is 8. The van der Waals surface area contributed by atoms with Gasteiger partial charge in [0.05, 0.1) is 17.4 Å². The van der Waals surface area contributed by atoms with E-state index in [4.69, 9.17) is 4.74 Å². The Labute approximate surface area is 285 Å². The molecule has 2 heterocycles. The maximum absolute atomic E-state index is 15.3. The molecule has 0 atom stereocenters. The number of aryl methyl sites for hydroxylation is 1. The predicted molar refractivity (Wildman–Crippen MR) is 174 cm³/mol. The molecule has 6 nitrogen and oxygen atoms in total. The molecule has 6 rings (SSSR count). The van der Waals surface area contributed by atoms with Crippen LogP contribution in [0.1, 0.15) is 20.8 Å². The Balaban J connectivity index is 0.00000433. The summed E-state index contributed by atoms with van der Waals surface area (Å²) in [7, 11) is 1.61. The van der Waals surface area contributed by atoms with E-state index < -0.39 is 28.7 Å². The summed E-state index contributed by atoms with van der Waals surface area (Å²) in [4.78, 5) is 12.7. The van der Waals surface area contributed by atoms with Gasteiger partial charge >= 0.3 is 20.4 Å². The minimum atomic E-state index is -1.69. The zero-order valence-electron chi connectivity index (χ0n) is 26.0. The SMILES string of the molecule is Cn1ccnc1-c1[c-]c(Oc2[c-]c(N(c3ccccn3)C(C)(C)C)cc(N(c3ccccc3)c3ccccc3)c2)c(F)c(F)c1F.[Pd+2]. The summed E-state index contributed by atoms with van der Waals surface area (Å²) in [5.74, 6) is -4.51. The van der Waals surface area contributed by atoms with Crippen molar-refractivity contribution in [2.24, 2.45) is 7.05 Å². The van der Waals surface area contributed by atoms with Crippen LogP contribution in [0.4, 0.5) is 41.7 Å². The molecule has 0 amide bonds. The molecule has 0 unspecified atom stereocenters. The number of halogens is 3. The number of pyridine rings is 1. The number of hydrogen-bond donors (Lipinski definition) is 0. The van der Waals surface area contributed by atoms with Crippen LogP contribution in [0.5, 0.6) is 11.5 Å². The van der Waals surface area contributed by atoms with Gasteiger partial charge in [0.1, 0.15) is 17.5 Å². The zero-order valence-corrected chi connectivity index (χ0v) is 27.5. The molecule has 47 heavy (non-hydrogen) atoms. The topological polar surface area (TPSA) is 46.4 Å². The van der Waals surface area contributed by atoms with Crippen molar-refractivity contribution in [1.29, 1.82) is 0 Å². The molecule has 0 spiro atoms. The van der Waals surface area contributed by atoms with Crippen LogP contribution >= 0.6 is 0 Å². The van der Waals surface area contributed by atoms with Crippen molar-refractivity contribution < 1.29 is 38.3 Å². The number of hydrogen-bond acceptors (Lipinski definition) is 5. The maximum atomic E-state index is 15.3. The number of nitrogens with zero attached hydrogens (tertiary/aromatic N) is 5. The minimum absolute atomic E-state index is 0. The number of anilines is 5. The smallest absolute Gasteiger partial charge is 0.500 e. The van der Waals surface area contributed by atoms with Crippen molar-refractivity contribution >= 4 is 28.6 Å². The molecule has 240 valence electrons. The zero-order chi connectivity index (χ0) is 32.4. The summed E-state index contributed by atoms with van der Waals surface area (Å²) in [5.41, 5.74) is 2.01. The van der Waals surface area contributed by atoms with Gasteiger partial charge in [0.25, 0.3) is 0 Å². The van der Waals surface area contributed by atoms with Crippen LogP contribution in [-0.4, -0.2) is 20.1 Å². The van der Waals surface area contributed by atoms with Gasteiger partial charge in [0.15, 0.2) is 0 Å². The van der Waals surface area contributed by atoms with Gasteiger partial charge < -0.3 is 19.1 Å². The Kier molecular flexibility index (Phi) is 9.85. The van der Waals surface area contributed by atoms with Crippen LogP contribution in [0.15, 0.2) is 110 Å². The first-order valence-corrected chi connectivity index (χ1v) is 14.6. The van der Waals surface area contributed by atoms with Crippen LogP contribution in [-0.2, 0) is 27.5 Å². The number of imidazole rings is 1. The van der Waals surface area contributed by atoms with Crippen LogP contribution in [0.25, 0.3) is 11.4 Å². The summed E-state index contributed by atoms with van der Waals surface area (Å²) >= 11 is 0. The molecule has 0 saturated heterocycles. The molecule has 0 aliphatic heterocycles. The van der Waals surface area contributed by atoms with E-state index in [-0.39, 0.29) is 37.6 Å². The number of benzene rings is 4. The van der Waals surface area contributed by atoms with E-state index >= 15 is 4.39 Å². The van der Waals surface area contributed by atoms with Crippen molar-refractivity contribution in [2.75, 3.05) is 9.80 Å². The van der Waals surface area contributed by atoms with Crippen molar-refractivity contribution in [3.8, 4) is 22.9 Å². The van der Waals surface area contributed by atoms with Crippen LogP contribution in [0.3, 0.4) is 0 Å². The molecular formula is C37H30F3N5OPd. The van der Waals surface area contributed by atoms with Crippen LogP contribution in [0, 0.1) is 29.6 Å². The van der Waals surface area contributed by atoms with E-state index in [0.29, 0.717) is 17.2 Å². The van der Waals surface area contributed by atoms with Gasteiger partial charge in [-0.2, -0.15) is 0 Å². The summed E-state index contributed by atoms with van der Waals surface area (Å²) < 4.78 is 52.8. The number of ether oxygens (including phenoxy) is 1. The fraction of sp³-hybridized carbons (Fsp3) is 0.135. The monoisotopic (exact) mass is 723 g/mol. The van der Waals surface area contributed by atoms with E-state index in [1.54, 1.807) is 25.5 Å². The molecule has 0 bridgehead atoms. The first-order valence-electron chi connectivity index (χ1n) is 14.6. The Morgan fingerprint density at radius 1 is 0.723 bits per heavy atom. The van der Waals surface area contributed by atoms with Crippen molar-refractivity contribution in [2.45, 2.75) is 26.3 Å². The molecular weight excluding hydrogens is 694 g/mol. The predicted octanol–water partition coefficient (Wildman–Crippen LogP) is 9.70. The molecule has 0 fully saturated rings. The first kappa shape index (κ1) is 33.5. The van der Waals surface area contributed by atoms with Crippen molar-refractivity contribution in [1.82, 2.24) is 14.5 Å². The van der Waals surface area contributed by atoms with E-state index in [1.165, 1.54) is 10.8 Å². The second-order valence-corrected chi connectivity index (χ2v) is 11.5. The Morgan fingerprint density at radius 2 is 1.36 bits per heavy atom. The minimum Gasteiger partial charge on any atom is -0.500 e. The number of para-hydroxylation sites is 2. The maximum Gasteiger partial charge on any atom is 2.00 e. The quantitative estimate of drug-likeness (QED) is 0.0890. The Morgan fingerprint density at radius 3 is 1.91 bits per heavy atom. The third-order valence-electron chi connectivity index (χ3n) is 7.19. The largest absolute Gasteiger partial charge is 2.00 e. The second-order valence-electron chi connectivity index (χ2n) is 11.5. The first-order chi connectivity index (χ1) is 22.1. The molecule has 0 aliphatic carbocycles. The third-order valence-corrected chi connectivity index (χ3v) is 7.19. The summed E-state index contributed by atoms with van der Waals surface area (Å²) in [6, 6.07) is 34.4. The third kappa shape index (κ3) is 6.94. The Hall–Kier alpha value is -4.91. The van der Waals surface area contributed by atoms with Gasteiger partial charge in [-0.15, -0.1) is 18.2 Å². The number of aromatic nitrogens is 3. The molecule has 4 aromatic carbocycles. The van der Waals surface area contributed by atoms with Gasteiger partial charge in [0.2, 0.25) is 0 Å². The summed E-state index contributed by atoms with van der Waals surface area (Å²) in [6.45, 7) is 6.07. The van der Waals surface area contributed by atoms with E-state index in [1.807, 2.05) is 116 Å². The average Bonchev–Trinajstić information content (AvgIpc) is 3.48. The second kappa shape index (κ2) is 13.8. The molecule has 0 aliphatic rings. The van der Waals surface area contributed by atoms with Gasteiger partial charge in [0, 0.05) is 48.3 Å². The fourth-order valence-electron chi connectivity index (χ4n) is 5.20. The average molecular weight is 724 g/mol.